The number of nitrogens with zero attached hydrogens (tertiary/aromatic N) is 1. The molecule has 1 saturated carbocycles. The molecular weight excluding hydrogens is 258 g/mol. The molecule has 20 heavy (non-hydrogen) atoms. The van der Waals surface area contributed by atoms with Gasteiger partial charge in [-0.25, -0.2) is 0 Å². The molecule has 0 aromatic carbocycles. The lowest BCUT2D eigenvalue weighted by Gasteiger charge is -2.29. The van der Waals surface area contributed by atoms with E-state index in [0.29, 0.717) is 25.9 Å². The third kappa shape index (κ3) is 3.32. The highest BCUT2D eigenvalue weighted by molar-refractivity contribution is 5.85. The van der Waals surface area contributed by atoms with Crippen LogP contribution in [0.5, 0.6) is 0 Å². The Kier molecular flexibility index (Phi) is 5.02. The molecule has 0 aromatic heterocycles. The minimum atomic E-state index is -0.856. The van der Waals surface area contributed by atoms with E-state index in [1.807, 2.05) is 0 Å². The van der Waals surface area contributed by atoms with Crippen LogP contribution in [0, 0.1) is 11.3 Å². The van der Waals surface area contributed by atoms with Crippen molar-refractivity contribution < 1.29 is 19.8 Å². The van der Waals surface area contributed by atoms with Crippen LogP contribution >= 0.6 is 0 Å². The fraction of sp³-hybridized carbons (Fsp3) is 0.867. The molecule has 2 N–H and O–H groups in total. The van der Waals surface area contributed by atoms with Crippen LogP contribution in [0.15, 0.2) is 0 Å². The number of aliphatic hydroxyl groups excluding tert-OH is 1. The average Bonchev–Trinajstić information content (AvgIpc) is 2.79. The molecule has 5 nitrogen and oxygen atoms in total. The Morgan fingerprint density at radius 3 is 2.30 bits per heavy atom. The molecule has 5 heteroatoms. The molecule has 114 valence electrons. The fourth-order valence-corrected chi connectivity index (χ4v) is 3.48. The summed E-state index contributed by atoms with van der Waals surface area (Å²) in [4.78, 5) is 25.8. The number of aliphatic hydroxyl groups is 1. The number of hydrogen-bond acceptors (Lipinski definition) is 3. The molecule has 1 aliphatic carbocycles. The SMILES string of the molecule is O=C(CC1(C(=O)O)CCCCCC1)N1CCC(CO)C1. The Morgan fingerprint density at radius 1 is 1.15 bits per heavy atom. The van der Waals surface area contributed by atoms with Gasteiger partial charge in [0, 0.05) is 32.0 Å². The van der Waals surface area contributed by atoms with Gasteiger partial charge in [0.2, 0.25) is 5.91 Å². The van der Waals surface area contributed by atoms with Crippen LogP contribution in [0.4, 0.5) is 0 Å². The number of likely N-dealkylation sites (tertiary alicyclic amines) is 1. The lowest BCUT2D eigenvalue weighted by atomic mass is 9.77. The first-order chi connectivity index (χ1) is 9.57. The zero-order valence-electron chi connectivity index (χ0n) is 12.0. The smallest absolute Gasteiger partial charge is 0.310 e. The molecule has 0 spiro atoms. The van der Waals surface area contributed by atoms with Crippen LogP contribution in [0.2, 0.25) is 0 Å². The zero-order chi connectivity index (χ0) is 14.6. The van der Waals surface area contributed by atoms with Crippen molar-refractivity contribution in [3.8, 4) is 0 Å². The predicted molar refractivity (Wildman–Crippen MR) is 74.2 cm³/mol. The van der Waals surface area contributed by atoms with Gasteiger partial charge < -0.3 is 15.1 Å². The normalized spacial score (nSPS) is 26.2. The lowest BCUT2D eigenvalue weighted by molar-refractivity contribution is -0.154. The quantitative estimate of drug-likeness (QED) is 0.769. The Bertz CT molecular complexity index is 361. The highest BCUT2D eigenvalue weighted by Crippen LogP contribution is 2.39. The molecule has 1 heterocycles. The van der Waals surface area contributed by atoms with Gasteiger partial charge in [-0.2, -0.15) is 0 Å². The molecule has 1 amide bonds. The fourth-order valence-electron chi connectivity index (χ4n) is 3.48. The van der Waals surface area contributed by atoms with E-state index in [1.54, 1.807) is 4.90 Å². The molecule has 0 radical (unpaired) electrons. The topological polar surface area (TPSA) is 77.8 Å². The number of carbonyl (C=O) groups excluding carboxylic acids is 1. The van der Waals surface area contributed by atoms with E-state index in [2.05, 4.69) is 0 Å². The number of hydrogen-bond donors (Lipinski definition) is 2. The van der Waals surface area contributed by atoms with Gasteiger partial charge in [0.05, 0.1) is 5.41 Å². The summed E-state index contributed by atoms with van der Waals surface area (Å²) >= 11 is 0. The maximum atomic E-state index is 12.4. The maximum absolute atomic E-state index is 12.4. The summed E-state index contributed by atoms with van der Waals surface area (Å²) < 4.78 is 0. The summed E-state index contributed by atoms with van der Waals surface area (Å²) in [5.74, 6) is -0.704. The van der Waals surface area contributed by atoms with Crippen LogP contribution in [0.1, 0.15) is 51.4 Å². The largest absolute Gasteiger partial charge is 0.481 e. The first kappa shape index (κ1) is 15.3. The molecule has 2 fully saturated rings. The van der Waals surface area contributed by atoms with Gasteiger partial charge >= 0.3 is 5.97 Å². The van der Waals surface area contributed by atoms with Gasteiger partial charge in [0.1, 0.15) is 0 Å². The van der Waals surface area contributed by atoms with E-state index in [4.69, 9.17) is 5.11 Å². The molecular formula is C15H25NO4. The van der Waals surface area contributed by atoms with Crippen molar-refractivity contribution in [2.45, 2.75) is 51.4 Å². The van der Waals surface area contributed by atoms with Gasteiger partial charge in [-0.1, -0.05) is 25.7 Å². The predicted octanol–water partition coefficient (Wildman–Crippen LogP) is 1.64. The maximum Gasteiger partial charge on any atom is 0.310 e. The van der Waals surface area contributed by atoms with Crippen LogP contribution < -0.4 is 0 Å². The highest BCUT2D eigenvalue weighted by Gasteiger charge is 2.42. The second-order valence-electron chi connectivity index (χ2n) is 6.35. The van der Waals surface area contributed by atoms with E-state index in [0.717, 1.165) is 32.1 Å². The second kappa shape index (κ2) is 6.57. The Morgan fingerprint density at radius 2 is 1.80 bits per heavy atom. The van der Waals surface area contributed by atoms with Gasteiger partial charge in [-0.15, -0.1) is 0 Å². The molecule has 1 aliphatic heterocycles. The minimum Gasteiger partial charge on any atom is -0.481 e. The van der Waals surface area contributed by atoms with Crippen molar-refractivity contribution in [1.82, 2.24) is 4.90 Å². The number of aliphatic carboxylic acids is 1. The lowest BCUT2D eigenvalue weighted by Crippen LogP contribution is -2.39. The first-order valence-electron chi connectivity index (χ1n) is 7.69. The van der Waals surface area contributed by atoms with E-state index in [1.165, 1.54) is 0 Å². The molecule has 1 saturated heterocycles. The average molecular weight is 283 g/mol. The summed E-state index contributed by atoms with van der Waals surface area (Å²) in [6, 6.07) is 0. The van der Waals surface area contributed by atoms with Gasteiger partial charge in [-0.3, -0.25) is 9.59 Å². The van der Waals surface area contributed by atoms with Crippen molar-refractivity contribution in [3.05, 3.63) is 0 Å². The third-order valence-electron chi connectivity index (χ3n) is 4.90. The Hall–Kier alpha value is -1.10. The highest BCUT2D eigenvalue weighted by atomic mass is 16.4. The molecule has 0 bridgehead atoms. The van der Waals surface area contributed by atoms with Crippen molar-refractivity contribution in [2.24, 2.45) is 11.3 Å². The van der Waals surface area contributed by atoms with Gasteiger partial charge in [0.15, 0.2) is 0 Å². The van der Waals surface area contributed by atoms with Gasteiger partial charge in [0.25, 0.3) is 0 Å². The number of carboxylic acids is 1. The van der Waals surface area contributed by atoms with Crippen LogP contribution in [-0.2, 0) is 9.59 Å². The third-order valence-corrected chi connectivity index (χ3v) is 4.90. The summed E-state index contributed by atoms with van der Waals surface area (Å²) in [6.07, 6.45) is 6.12. The summed E-state index contributed by atoms with van der Waals surface area (Å²) in [5, 5.41) is 18.7. The molecule has 0 aromatic rings. The van der Waals surface area contributed by atoms with E-state index in [-0.39, 0.29) is 24.9 Å². The van der Waals surface area contributed by atoms with E-state index in [9.17, 15) is 14.7 Å². The number of carboxylic acid groups (broad SMARTS) is 1. The van der Waals surface area contributed by atoms with Crippen molar-refractivity contribution in [3.63, 3.8) is 0 Å². The monoisotopic (exact) mass is 283 g/mol. The minimum absolute atomic E-state index is 0.0507. The Labute approximate surface area is 120 Å². The van der Waals surface area contributed by atoms with E-state index < -0.39 is 11.4 Å². The molecule has 2 aliphatic rings. The van der Waals surface area contributed by atoms with Crippen molar-refractivity contribution in [2.75, 3.05) is 19.7 Å². The molecule has 2 rings (SSSR count). The Balaban J connectivity index is 2.01. The van der Waals surface area contributed by atoms with Gasteiger partial charge in [-0.05, 0) is 19.3 Å². The molecule has 1 unspecified atom stereocenters. The van der Waals surface area contributed by atoms with E-state index >= 15 is 0 Å². The van der Waals surface area contributed by atoms with Crippen molar-refractivity contribution in [1.29, 1.82) is 0 Å². The van der Waals surface area contributed by atoms with Crippen LogP contribution in [0.25, 0.3) is 0 Å². The number of amides is 1. The summed E-state index contributed by atoms with van der Waals surface area (Å²) in [7, 11) is 0. The second-order valence-corrected chi connectivity index (χ2v) is 6.35. The van der Waals surface area contributed by atoms with Crippen LogP contribution in [-0.4, -0.2) is 46.7 Å². The standard InChI is InChI=1S/C15H25NO4/c17-11-12-5-8-16(10-12)13(18)9-15(14(19)20)6-3-1-2-4-7-15/h12,17H,1-11H2,(H,19,20). The summed E-state index contributed by atoms with van der Waals surface area (Å²) in [5.41, 5.74) is -0.856. The van der Waals surface area contributed by atoms with Crippen LogP contribution in [0.3, 0.4) is 0 Å². The first-order valence-corrected chi connectivity index (χ1v) is 7.69. The zero-order valence-corrected chi connectivity index (χ0v) is 12.0. The molecule has 1 atom stereocenters. The summed E-state index contributed by atoms with van der Waals surface area (Å²) in [6.45, 7) is 1.33. The van der Waals surface area contributed by atoms with Crippen molar-refractivity contribution >= 4 is 11.9 Å². The number of carbonyl (C=O) groups is 2. The number of rotatable bonds is 4.